The first-order valence-corrected chi connectivity index (χ1v) is 6.00. The standard InChI is InChI=1S/C6H14O2.2C3H6O2/c1-6(2-4-7)3-5-8;2*1-2-3(4)5/h6-8H,2-5H2,1H3;2*2H2,1H3,(H,4,5). The van der Waals surface area contributed by atoms with E-state index in [9.17, 15) is 9.59 Å². The van der Waals surface area contributed by atoms with Crippen LogP contribution in [-0.2, 0) is 9.59 Å². The van der Waals surface area contributed by atoms with Crippen LogP contribution in [0.4, 0.5) is 0 Å². The van der Waals surface area contributed by atoms with Crippen molar-refractivity contribution in [2.24, 2.45) is 5.92 Å². The molecule has 0 aliphatic rings. The third-order valence-corrected chi connectivity index (χ3v) is 1.85. The van der Waals surface area contributed by atoms with Crippen LogP contribution >= 0.6 is 0 Å². The summed E-state index contributed by atoms with van der Waals surface area (Å²) in [5.41, 5.74) is 0. The largest absolute Gasteiger partial charge is 0.481 e. The average molecular weight is 266 g/mol. The first kappa shape index (κ1) is 22.1. The first-order chi connectivity index (χ1) is 8.35. The van der Waals surface area contributed by atoms with E-state index in [0.717, 1.165) is 12.8 Å². The lowest BCUT2D eigenvalue weighted by molar-refractivity contribution is -0.137. The molecular weight excluding hydrogens is 240 g/mol. The van der Waals surface area contributed by atoms with Gasteiger partial charge in [-0.1, -0.05) is 20.8 Å². The van der Waals surface area contributed by atoms with Crippen LogP contribution in [0.1, 0.15) is 46.5 Å². The van der Waals surface area contributed by atoms with Gasteiger partial charge >= 0.3 is 11.9 Å². The van der Waals surface area contributed by atoms with Gasteiger partial charge in [-0.2, -0.15) is 0 Å². The molecule has 0 aromatic rings. The molecule has 0 heterocycles. The van der Waals surface area contributed by atoms with Crippen molar-refractivity contribution in [1.82, 2.24) is 0 Å². The fourth-order valence-electron chi connectivity index (χ4n) is 0.585. The molecule has 0 spiro atoms. The van der Waals surface area contributed by atoms with Gasteiger partial charge in [0.25, 0.3) is 0 Å². The van der Waals surface area contributed by atoms with E-state index in [4.69, 9.17) is 20.4 Å². The molecule has 6 heteroatoms. The van der Waals surface area contributed by atoms with Crippen molar-refractivity contribution in [3.8, 4) is 0 Å². The van der Waals surface area contributed by atoms with Crippen LogP contribution in [0, 0.1) is 5.92 Å². The number of carbonyl (C=O) groups is 2. The topological polar surface area (TPSA) is 115 Å². The summed E-state index contributed by atoms with van der Waals surface area (Å²) in [6.45, 7) is 5.69. The summed E-state index contributed by atoms with van der Waals surface area (Å²) < 4.78 is 0. The Hall–Kier alpha value is -1.14. The van der Waals surface area contributed by atoms with Gasteiger partial charge in [0, 0.05) is 26.1 Å². The number of aliphatic hydroxyl groups excluding tert-OH is 2. The number of carboxylic acids is 2. The first-order valence-electron chi connectivity index (χ1n) is 6.00. The van der Waals surface area contributed by atoms with E-state index in [1.54, 1.807) is 13.8 Å². The predicted octanol–water partition coefficient (Wildman–Crippen LogP) is 1.35. The molecule has 0 atom stereocenters. The van der Waals surface area contributed by atoms with E-state index in [-0.39, 0.29) is 26.1 Å². The van der Waals surface area contributed by atoms with Gasteiger partial charge in [0.2, 0.25) is 0 Å². The zero-order valence-corrected chi connectivity index (χ0v) is 11.4. The third-order valence-electron chi connectivity index (χ3n) is 1.85. The van der Waals surface area contributed by atoms with Crippen molar-refractivity contribution in [2.45, 2.75) is 46.5 Å². The van der Waals surface area contributed by atoms with Gasteiger partial charge < -0.3 is 20.4 Å². The van der Waals surface area contributed by atoms with E-state index < -0.39 is 11.9 Å². The molecule has 0 rings (SSSR count). The third kappa shape index (κ3) is 36.4. The minimum atomic E-state index is -0.745. The van der Waals surface area contributed by atoms with Crippen LogP contribution < -0.4 is 0 Å². The molecule has 0 amide bonds. The van der Waals surface area contributed by atoms with E-state index >= 15 is 0 Å². The highest BCUT2D eigenvalue weighted by molar-refractivity contribution is 5.66. The van der Waals surface area contributed by atoms with Gasteiger partial charge in [-0.25, -0.2) is 0 Å². The molecule has 6 nitrogen and oxygen atoms in total. The van der Waals surface area contributed by atoms with Crippen molar-refractivity contribution in [3.63, 3.8) is 0 Å². The van der Waals surface area contributed by atoms with Gasteiger partial charge in [-0.15, -0.1) is 0 Å². The van der Waals surface area contributed by atoms with Crippen LogP contribution in [0.5, 0.6) is 0 Å². The quantitative estimate of drug-likeness (QED) is 0.577. The van der Waals surface area contributed by atoms with Crippen LogP contribution in [-0.4, -0.2) is 45.6 Å². The summed E-state index contributed by atoms with van der Waals surface area (Å²) >= 11 is 0. The molecule has 0 bridgehead atoms. The second kappa shape index (κ2) is 18.2. The Morgan fingerprint density at radius 2 is 1.11 bits per heavy atom. The maximum absolute atomic E-state index is 9.37. The molecule has 0 saturated heterocycles. The van der Waals surface area contributed by atoms with E-state index in [1.165, 1.54) is 0 Å². The fraction of sp³-hybridized carbons (Fsp3) is 0.833. The molecule has 110 valence electrons. The summed E-state index contributed by atoms with van der Waals surface area (Å²) in [6.07, 6.45) is 2.06. The number of rotatable bonds is 6. The molecule has 0 aromatic heterocycles. The lowest BCUT2D eigenvalue weighted by Gasteiger charge is -2.04. The number of hydrogen-bond acceptors (Lipinski definition) is 4. The molecule has 0 unspecified atom stereocenters. The minimum absolute atomic E-state index is 0.222. The zero-order valence-electron chi connectivity index (χ0n) is 11.4. The Morgan fingerprint density at radius 1 is 0.889 bits per heavy atom. The Kier molecular flexibility index (Phi) is 22.4. The van der Waals surface area contributed by atoms with Gasteiger partial charge in [-0.3, -0.25) is 9.59 Å². The maximum atomic E-state index is 9.37. The summed E-state index contributed by atoms with van der Waals surface area (Å²) in [6, 6.07) is 0. The molecular formula is C12H26O6. The Morgan fingerprint density at radius 3 is 1.22 bits per heavy atom. The Bertz CT molecular complexity index is 173. The number of hydrogen-bond donors (Lipinski definition) is 4. The van der Waals surface area contributed by atoms with E-state index in [1.807, 2.05) is 6.92 Å². The van der Waals surface area contributed by atoms with Crippen LogP contribution in [0.2, 0.25) is 0 Å². The average Bonchev–Trinajstić information content (AvgIpc) is 2.31. The highest BCUT2D eigenvalue weighted by Gasteiger charge is 1.97. The van der Waals surface area contributed by atoms with Gasteiger partial charge in [0.15, 0.2) is 0 Å². The smallest absolute Gasteiger partial charge is 0.303 e. The zero-order chi connectivity index (χ0) is 15.0. The predicted molar refractivity (Wildman–Crippen MR) is 68.4 cm³/mol. The molecule has 0 radical (unpaired) electrons. The Labute approximate surface area is 108 Å². The fourth-order valence-corrected chi connectivity index (χ4v) is 0.585. The van der Waals surface area contributed by atoms with Gasteiger partial charge in [-0.05, 0) is 18.8 Å². The van der Waals surface area contributed by atoms with Crippen molar-refractivity contribution in [2.75, 3.05) is 13.2 Å². The van der Waals surface area contributed by atoms with Crippen molar-refractivity contribution in [1.29, 1.82) is 0 Å². The highest BCUT2D eigenvalue weighted by atomic mass is 16.4. The lowest BCUT2D eigenvalue weighted by atomic mass is 10.1. The van der Waals surface area contributed by atoms with Gasteiger partial charge in [0.05, 0.1) is 0 Å². The number of aliphatic hydroxyl groups is 2. The lowest BCUT2D eigenvalue weighted by Crippen LogP contribution is -1.99. The molecule has 4 N–H and O–H groups in total. The highest BCUT2D eigenvalue weighted by Crippen LogP contribution is 2.03. The van der Waals surface area contributed by atoms with Crippen LogP contribution in [0.15, 0.2) is 0 Å². The molecule has 0 fully saturated rings. The summed E-state index contributed by atoms with van der Waals surface area (Å²) in [4.78, 5) is 18.7. The molecule has 0 aliphatic carbocycles. The van der Waals surface area contributed by atoms with Crippen molar-refractivity contribution < 1.29 is 30.0 Å². The second-order valence-electron chi connectivity index (χ2n) is 3.62. The molecule has 0 saturated carbocycles. The monoisotopic (exact) mass is 266 g/mol. The minimum Gasteiger partial charge on any atom is -0.481 e. The summed E-state index contributed by atoms with van der Waals surface area (Å²) in [7, 11) is 0. The second-order valence-corrected chi connectivity index (χ2v) is 3.62. The number of aliphatic carboxylic acids is 2. The molecule has 0 aromatic carbocycles. The SMILES string of the molecule is CC(CCO)CCO.CCC(=O)O.CCC(=O)O. The normalized spacial score (nSPS) is 8.78. The van der Waals surface area contributed by atoms with Crippen molar-refractivity contribution in [3.05, 3.63) is 0 Å². The molecule has 18 heavy (non-hydrogen) atoms. The summed E-state index contributed by atoms with van der Waals surface area (Å²) in [5, 5.41) is 32.2. The van der Waals surface area contributed by atoms with Crippen molar-refractivity contribution >= 4 is 11.9 Å². The number of carboxylic acid groups (broad SMARTS) is 2. The van der Waals surface area contributed by atoms with Crippen LogP contribution in [0.3, 0.4) is 0 Å². The van der Waals surface area contributed by atoms with Gasteiger partial charge in [0.1, 0.15) is 0 Å². The maximum Gasteiger partial charge on any atom is 0.303 e. The van der Waals surface area contributed by atoms with E-state index in [0.29, 0.717) is 5.92 Å². The molecule has 0 aliphatic heterocycles. The Balaban J connectivity index is -0.000000197. The summed E-state index contributed by atoms with van der Waals surface area (Å²) in [5.74, 6) is -1.03. The van der Waals surface area contributed by atoms with Crippen LogP contribution in [0.25, 0.3) is 0 Å². The van der Waals surface area contributed by atoms with E-state index in [2.05, 4.69) is 0 Å².